The van der Waals surface area contributed by atoms with Crippen molar-refractivity contribution < 1.29 is 9.90 Å². The Labute approximate surface area is 102 Å². The number of hydrogen-bond acceptors (Lipinski definition) is 4. The summed E-state index contributed by atoms with van der Waals surface area (Å²) >= 11 is 1.88. The van der Waals surface area contributed by atoms with Gasteiger partial charge in [0.15, 0.2) is 0 Å². The van der Waals surface area contributed by atoms with E-state index in [4.69, 9.17) is 5.11 Å². The molecule has 0 bridgehead atoms. The summed E-state index contributed by atoms with van der Waals surface area (Å²) in [5.41, 5.74) is 0. The second kappa shape index (κ2) is 7.14. The molecule has 5 heteroatoms. The molecule has 0 aromatic heterocycles. The molecular weight excluding hydrogens is 224 g/mol. The van der Waals surface area contributed by atoms with Crippen LogP contribution in [-0.2, 0) is 4.79 Å². The molecule has 1 rings (SSSR count). The summed E-state index contributed by atoms with van der Waals surface area (Å²) in [7, 11) is 0. The van der Waals surface area contributed by atoms with E-state index < -0.39 is 0 Å². The fourth-order valence-corrected chi connectivity index (χ4v) is 2.61. The number of hydrogen-bond donors (Lipinski definition) is 3. The van der Waals surface area contributed by atoms with E-state index in [9.17, 15) is 4.79 Å². The fraction of sp³-hybridized carbons (Fsp3) is 0.909. The summed E-state index contributed by atoms with van der Waals surface area (Å²) in [5.74, 6) is 2.43. The highest BCUT2D eigenvalue weighted by atomic mass is 32.2. The van der Waals surface area contributed by atoms with Gasteiger partial charge in [-0.2, -0.15) is 11.8 Å². The average molecular weight is 246 g/mol. The van der Waals surface area contributed by atoms with Gasteiger partial charge in [0.05, 0.1) is 12.6 Å². The Kier molecular flexibility index (Phi) is 6.16. The zero-order chi connectivity index (χ0) is 12.0. The number of carbonyl (C=O) groups excluding carboxylic acids is 1. The highest BCUT2D eigenvalue weighted by Gasteiger charge is 2.19. The van der Waals surface area contributed by atoms with Crippen LogP contribution in [0.25, 0.3) is 0 Å². The molecule has 1 heterocycles. The lowest BCUT2D eigenvalue weighted by Crippen LogP contribution is -2.46. The highest BCUT2D eigenvalue weighted by Crippen LogP contribution is 2.10. The van der Waals surface area contributed by atoms with E-state index in [0.29, 0.717) is 6.42 Å². The van der Waals surface area contributed by atoms with E-state index in [1.54, 1.807) is 0 Å². The topological polar surface area (TPSA) is 61.4 Å². The van der Waals surface area contributed by atoms with Crippen LogP contribution in [0.15, 0.2) is 0 Å². The Morgan fingerprint density at radius 1 is 1.62 bits per heavy atom. The first-order chi connectivity index (χ1) is 7.63. The van der Waals surface area contributed by atoms with Crippen molar-refractivity contribution in [1.29, 1.82) is 0 Å². The molecule has 1 fully saturated rings. The minimum atomic E-state index is -0.122. The summed E-state index contributed by atoms with van der Waals surface area (Å²) < 4.78 is 0. The van der Waals surface area contributed by atoms with Crippen molar-refractivity contribution in [3.8, 4) is 0 Å². The highest BCUT2D eigenvalue weighted by molar-refractivity contribution is 7.99. The first kappa shape index (κ1) is 13.8. The van der Waals surface area contributed by atoms with Crippen LogP contribution in [0.3, 0.4) is 0 Å². The lowest BCUT2D eigenvalue weighted by Gasteiger charge is -2.25. The second-order valence-electron chi connectivity index (χ2n) is 4.53. The maximum Gasteiger partial charge on any atom is 0.221 e. The first-order valence-corrected chi connectivity index (χ1v) is 7.00. The third kappa shape index (κ3) is 4.72. The van der Waals surface area contributed by atoms with Crippen molar-refractivity contribution in [2.45, 2.75) is 32.4 Å². The number of aliphatic hydroxyl groups is 1. The van der Waals surface area contributed by atoms with Gasteiger partial charge in [-0.25, -0.2) is 0 Å². The Morgan fingerprint density at radius 2 is 2.38 bits per heavy atom. The largest absolute Gasteiger partial charge is 0.394 e. The van der Waals surface area contributed by atoms with E-state index in [1.165, 1.54) is 0 Å². The van der Waals surface area contributed by atoms with Gasteiger partial charge in [0.1, 0.15) is 0 Å². The van der Waals surface area contributed by atoms with Gasteiger partial charge in [0.25, 0.3) is 0 Å². The Hall–Kier alpha value is -0.260. The van der Waals surface area contributed by atoms with Gasteiger partial charge in [-0.3, -0.25) is 4.79 Å². The number of nitrogens with one attached hydrogen (secondary N) is 2. The predicted molar refractivity (Wildman–Crippen MR) is 67.6 cm³/mol. The molecule has 94 valence electrons. The van der Waals surface area contributed by atoms with Crippen LogP contribution in [0.4, 0.5) is 0 Å². The maximum absolute atomic E-state index is 11.7. The van der Waals surface area contributed by atoms with Crippen molar-refractivity contribution in [3.63, 3.8) is 0 Å². The molecule has 0 radical (unpaired) electrons. The van der Waals surface area contributed by atoms with Gasteiger partial charge in [-0.05, 0) is 5.92 Å². The standard InChI is InChI=1S/C11H22N2O2S/c1-8(2)10(6-14)13-11(15)5-9-7-16-4-3-12-9/h8-10,12,14H,3-7H2,1-2H3,(H,13,15). The summed E-state index contributed by atoms with van der Waals surface area (Å²) in [5, 5.41) is 15.3. The smallest absolute Gasteiger partial charge is 0.221 e. The quantitative estimate of drug-likeness (QED) is 0.649. The number of thioether (sulfide) groups is 1. The van der Waals surface area contributed by atoms with Crippen molar-refractivity contribution in [3.05, 3.63) is 0 Å². The number of amides is 1. The molecule has 0 aromatic rings. The first-order valence-electron chi connectivity index (χ1n) is 5.84. The van der Waals surface area contributed by atoms with Crippen molar-refractivity contribution in [2.75, 3.05) is 24.7 Å². The molecule has 1 aliphatic heterocycles. The van der Waals surface area contributed by atoms with Crippen molar-refractivity contribution in [1.82, 2.24) is 10.6 Å². The number of rotatable bonds is 5. The average Bonchev–Trinajstić information content (AvgIpc) is 2.27. The Balaban J connectivity index is 2.28. The van der Waals surface area contributed by atoms with Crippen LogP contribution >= 0.6 is 11.8 Å². The zero-order valence-electron chi connectivity index (χ0n) is 10.0. The van der Waals surface area contributed by atoms with E-state index in [-0.39, 0.29) is 30.5 Å². The third-order valence-corrected chi connectivity index (χ3v) is 3.91. The summed E-state index contributed by atoms with van der Waals surface area (Å²) in [4.78, 5) is 11.7. The zero-order valence-corrected chi connectivity index (χ0v) is 10.8. The van der Waals surface area contributed by atoms with E-state index in [2.05, 4.69) is 10.6 Å². The second-order valence-corrected chi connectivity index (χ2v) is 5.68. The fourth-order valence-electron chi connectivity index (χ4n) is 1.66. The predicted octanol–water partition coefficient (Wildman–Crippen LogP) is 0.215. The third-order valence-electron chi connectivity index (χ3n) is 2.78. The van der Waals surface area contributed by atoms with Gasteiger partial charge in [0, 0.05) is 30.5 Å². The summed E-state index contributed by atoms with van der Waals surface area (Å²) in [6.45, 7) is 4.98. The van der Waals surface area contributed by atoms with E-state index in [1.807, 2.05) is 25.6 Å². The summed E-state index contributed by atoms with van der Waals surface area (Å²) in [6.07, 6.45) is 0.510. The molecule has 1 amide bonds. The number of aliphatic hydroxyl groups excluding tert-OH is 1. The molecule has 16 heavy (non-hydrogen) atoms. The molecule has 2 atom stereocenters. The Bertz CT molecular complexity index is 218. The van der Waals surface area contributed by atoms with Crippen LogP contribution in [0.5, 0.6) is 0 Å². The van der Waals surface area contributed by atoms with Crippen LogP contribution in [0.2, 0.25) is 0 Å². The minimum Gasteiger partial charge on any atom is -0.394 e. The maximum atomic E-state index is 11.7. The molecule has 1 saturated heterocycles. The lowest BCUT2D eigenvalue weighted by atomic mass is 10.0. The molecular formula is C11H22N2O2S. The van der Waals surface area contributed by atoms with Gasteiger partial charge >= 0.3 is 0 Å². The van der Waals surface area contributed by atoms with Crippen LogP contribution in [0.1, 0.15) is 20.3 Å². The molecule has 0 saturated carbocycles. The van der Waals surface area contributed by atoms with Crippen molar-refractivity contribution >= 4 is 17.7 Å². The number of carbonyl (C=O) groups is 1. The molecule has 0 spiro atoms. The van der Waals surface area contributed by atoms with Gasteiger partial charge in [-0.15, -0.1) is 0 Å². The normalized spacial score (nSPS) is 23.1. The molecule has 2 unspecified atom stereocenters. The molecule has 4 nitrogen and oxygen atoms in total. The molecule has 0 aromatic carbocycles. The summed E-state index contributed by atoms with van der Waals surface area (Å²) in [6, 6.07) is 0.161. The molecule has 3 N–H and O–H groups in total. The van der Waals surface area contributed by atoms with Crippen LogP contribution < -0.4 is 10.6 Å². The SMILES string of the molecule is CC(C)C(CO)NC(=O)CC1CSCCN1. The van der Waals surface area contributed by atoms with Crippen molar-refractivity contribution in [2.24, 2.45) is 5.92 Å². The Morgan fingerprint density at radius 3 is 2.88 bits per heavy atom. The van der Waals surface area contributed by atoms with Gasteiger partial charge < -0.3 is 15.7 Å². The lowest BCUT2D eigenvalue weighted by molar-refractivity contribution is -0.122. The van der Waals surface area contributed by atoms with E-state index in [0.717, 1.165) is 18.1 Å². The molecule has 0 aliphatic carbocycles. The van der Waals surface area contributed by atoms with Crippen LogP contribution in [0, 0.1) is 5.92 Å². The minimum absolute atomic E-state index is 0.0102. The van der Waals surface area contributed by atoms with Gasteiger partial charge in [-0.1, -0.05) is 13.8 Å². The van der Waals surface area contributed by atoms with E-state index >= 15 is 0 Å². The molecule has 1 aliphatic rings. The van der Waals surface area contributed by atoms with Gasteiger partial charge in [0.2, 0.25) is 5.91 Å². The van der Waals surface area contributed by atoms with Crippen LogP contribution in [-0.4, -0.2) is 47.8 Å². The monoisotopic (exact) mass is 246 g/mol.